The number of anilines is 1. The van der Waals surface area contributed by atoms with Crippen molar-refractivity contribution < 1.29 is 18.0 Å². The Balaban J connectivity index is 2.01. The zero-order valence-corrected chi connectivity index (χ0v) is 24.6. The molecular weight excluding hydrogens is 534 g/mol. The van der Waals surface area contributed by atoms with E-state index < -0.39 is 34.1 Å². The van der Waals surface area contributed by atoms with E-state index in [9.17, 15) is 18.0 Å². The Labute approximate surface area is 236 Å². The zero-order chi connectivity index (χ0) is 28.8. The highest BCUT2D eigenvalue weighted by Crippen LogP contribution is 2.31. The summed E-state index contributed by atoms with van der Waals surface area (Å²) in [6.45, 7) is 8.69. The summed E-state index contributed by atoms with van der Waals surface area (Å²) in [4.78, 5) is 28.6. The lowest BCUT2D eigenvalue weighted by atomic mass is 10.1. The van der Waals surface area contributed by atoms with Crippen LogP contribution in [-0.4, -0.2) is 49.8 Å². The van der Waals surface area contributed by atoms with Crippen molar-refractivity contribution in [1.82, 2.24) is 10.2 Å². The SMILES string of the molecule is Cc1c(Cl)cccc1N(CC(=O)N(CCc1ccccc1)[C@@H](C)C(=O)NC(C)(C)C)S(=O)(=O)c1ccccc1. The predicted molar refractivity (Wildman–Crippen MR) is 156 cm³/mol. The first-order valence-corrected chi connectivity index (χ1v) is 14.6. The van der Waals surface area contributed by atoms with Crippen LogP contribution in [0.5, 0.6) is 0 Å². The second-order valence-electron chi connectivity index (χ2n) is 10.4. The number of amides is 2. The molecule has 0 bridgehead atoms. The maximum atomic E-state index is 13.9. The number of carbonyl (C=O) groups is 2. The molecule has 0 saturated carbocycles. The Morgan fingerprint density at radius 2 is 1.51 bits per heavy atom. The molecular formula is C30H36ClN3O4S. The molecule has 39 heavy (non-hydrogen) atoms. The van der Waals surface area contributed by atoms with Gasteiger partial charge in [-0.15, -0.1) is 0 Å². The van der Waals surface area contributed by atoms with Crippen molar-refractivity contribution in [2.75, 3.05) is 17.4 Å². The number of nitrogens with one attached hydrogen (secondary N) is 1. The molecule has 0 aromatic heterocycles. The van der Waals surface area contributed by atoms with Gasteiger partial charge in [0.1, 0.15) is 12.6 Å². The third-order valence-corrected chi connectivity index (χ3v) is 8.45. The fourth-order valence-electron chi connectivity index (χ4n) is 4.14. The molecule has 3 aromatic carbocycles. The van der Waals surface area contributed by atoms with Crippen molar-refractivity contribution in [2.24, 2.45) is 0 Å². The van der Waals surface area contributed by atoms with Gasteiger partial charge in [-0.3, -0.25) is 13.9 Å². The van der Waals surface area contributed by atoms with E-state index >= 15 is 0 Å². The molecule has 0 unspecified atom stereocenters. The summed E-state index contributed by atoms with van der Waals surface area (Å²) in [6, 6.07) is 21.7. The average Bonchev–Trinajstić information content (AvgIpc) is 2.89. The van der Waals surface area contributed by atoms with Crippen LogP contribution >= 0.6 is 11.6 Å². The van der Waals surface area contributed by atoms with Crippen LogP contribution in [0.2, 0.25) is 5.02 Å². The third kappa shape index (κ3) is 7.83. The molecule has 0 heterocycles. The molecule has 0 aliphatic carbocycles. The Bertz CT molecular complexity index is 1390. The zero-order valence-electron chi connectivity index (χ0n) is 23.0. The molecule has 0 radical (unpaired) electrons. The van der Waals surface area contributed by atoms with Gasteiger partial charge in [0.15, 0.2) is 0 Å². The van der Waals surface area contributed by atoms with Gasteiger partial charge in [-0.25, -0.2) is 8.42 Å². The molecule has 7 nitrogen and oxygen atoms in total. The number of halogens is 1. The standard InChI is InChI=1S/C30H36ClN3O4S/c1-22-26(31)17-12-18-27(22)34(39(37,38)25-15-10-7-11-16-25)21-28(35)33(20-19-24-13-8-6-9-14-24)23(2)29(36)32-30(3,4)5/h6-18,23H,19-21H2,1-5H3,(H,32,36)/t23-/m0/s1. The molecule has 0 aliphatic rings. The molecule has 1 atom stereocenters. The number of benzene rings is 3. The quantitative estimate of drug-likeness (QED) is 0.363. The highest BCUT2D eigenvalue weighted by molar-refractivity contribution is 7.92. The largest absolute Gasteiger partial charge is 0.350 e. The minimum atomic E-state index is -4.14. The van der Waals surface area contributed by atoms with Crippen LogP contribution in [0.4, 0.5) is 5.69 Å². The number of sulfonamides is 1. The Hall–Kier alpha value is -3.36. The smallest absolute Gasteiger partial charge is 0.264 e. The molecule has 0 aliphatic heterocycles. The van der Waals surface area contributed by atoms with Crippen LogP contribution in [0.25, 0.3) is 0 Å². The average molecular weight is 570 g/mol. The van der Waals surface area contributed by atoms with E-state index in [-0.39, 0.29) is 17.3 Å². The second-order valence-corrected chi connectivity index (χ2v) is 12.7. The lowest BCUT2D eigenvalue weighted by Gasteiger charge is -2.34. The summed E-state index contributed by atoms with van der Waals surface area (Å²) in [6.07, 6.45) is 0.501. The van der Waals surface area contributed by atoms with Crippen LogP contribution in [0.15, 0.2) is 83.8 Å². The molecule has 2 amide bonds. The van der Waals surface area contributed by atoms with Gasteiger partial charge >= 0.3 is 0 Å². The fourth-order valence-corrected chi connectivity index (χ4v) is 5.81. The summed E-state index contributed by atoms with van der Waals surface area (Å²) in [5.74, 6) is -0.818. The van der Waals surface area contributed by atoms with Crippen molar-refractivity contribution in [2.45, 2.75) is 57.5 Å². The van der Waals surface area contributed by atoms with Crippen molar-refractivity contribution in [1.29, 1.82) is 0 Å². The van der Waals surface area contributed by atoms with Gasteiger partial charge in [0.2, 0.25) is 11.8 Å². The van der Waals surface area contributed by atoms with E-state index in [2.05, 4.69) is 5.32 Å². The summed E-state index contributed by atoms with van der Waals surface area (Å²) in [7, 11) is -4.14. The Morgan fingerprint density at radius 1 is 0.923 bits per heavy atom. The molecule has 0 spiro atoms. The predicted octanol–water partition coefficient (Wildman–Crippen LogP) is 5.22. The molecule has 1 N–H and O–H groups in total. The van der Waals surface area contributed by atoms with Crippen LogP contribution in [0.3, 0.4) is 0 Å². The molecule has 0 saturated heterocycles. The second kappa shape index (κ2) is 12.7. The highest BCUT2D eigenvalue weighted by atomic mass is 35.5. The lowest BCUT2D eigenvalue weighted by Crippen LogP contribution is -2.55. The van der Waals surface area contributed by atoms with Crippen molar-refractivity contribution in [3.8, 4) is 0 Å². The summed E-state index contributed by atoms with van der Waals surface area (Å²) >= 11 is 6.35. The van der Waals surface area contributed by atoms with Crippen molar-refractivity contribution >= 4 is 39.1 Å². The molecule has 0 fully saturated rings. The van der Waals surface area contributed by atoms with Crippen LogP contribution in [-0.2, 0) is 26.0 Å². The van der Waals surface area contributed by atoms with E-state index in [0.717, 1.165) is 9.87 Å². The normalized spacial score (nSPS) is 12.5. The van der Waals surface area contributed by atoms with Crippen LogP contribution in [0.1, 0.15) is 38.8 Å². The minimum Gasteiger partial charge on any atom is -0.350 e. The monoisotopic (exact) mass is 569 g/mol. The van der Waals surface area contributed by atoms with Gasteiger partial charge in [-0.2, -0.15) is 0 Å². The third-order valence-electron chi connectivity index (χ3n) is 6.27. The number of hydrogen-bond donors (Lipinski definition) is 1. The number of nitrogens with zero attached hydrogens (tertiary/aromatic N) is 2. The number of hydrogen-bond acceptors (Lipinski definition) is 4. The van der Waals surface area contributed by atoms with E-state index in [1.165, 1.54) is 17.0 Å². The van der Waals surface area contributed by atoms with Gasteiger partial charge in [0.05, 0.1) is 10.6 Å². The van der Waals surface area contributed by atoms with E-state index in [0.29, 0.717) is 22.7 Å². The molecule has 208 valence electrons. The van der Waals surface area contributed by atoms with Gasteiger partial charge in [-0.1, -0.05) is 66.2 Å². The molecule has 3 rings (SSSR count). The number of rotatable bonds is 10. The van der Waals surface area contributed by atoms with Gasteiger partial charge in [0.25, 0.3) is 10.0 Å². The van der Waals surface area contributed by atoms with Gasteiger partial charge in [-0.05, 0) is 76.4 Å². The van der Waals surface area contributed by atoms with E-state index in [1.54, 1.807) is 50.2 Å². The maximum absolute atomic E-state index is 13.9. The minimum absolute atomic E-state index is 0.0477. The van der Waals surface area contributed by atoms with Gasteiger partial charge in [0, 0.05) is 17.1 Å². The van der Waals surface area contributed by atoms with Crippen molar-refractivity contribution in [3.63, 3.8) is 0 Å². The first-order valence-electron chi connectivity index (χ1n) is 12.8. The maximum Gasteiger partial charge on any atom is 0.264 e. The highest BCUT2D eigenvalue weighted by Gasteiger charge is 2.33. The first-order chi connectivity index (χ1) is 18.3. The number of carbonyl (C=O) groups excluding carboxylic acids is 2. The Morgan fingerprint density at radius 3 is 2.10 bits per heavy atom. The Kier molecular flexibility index (Phi) is 9.80. The summed E-state index contributed by atoms with van der Waals surface area (Å²) < 4.78 is 28.8. The van der Waals surface area contributed by atoms with Crippen LogP contribution in [0, 0.1) is 6.92 Å². The summed E-state index contributed by atoms with van der Waals surface area (Å²) in [5.41, 5.74) is 1.33. The first kappa shape index (κ1) is 30.2. The fraction of sp³-hybridized carbons (Fsp3) is 0.333. The van der Waals surface area contributed by atoms with E-state index in [4.69, 9.17) is 11.6 Å². The van der Waals surface area contributed by atoms with Crippen molar-refractivity contribution in [3.05, 3.63) is 95.0 Å². The lowest BCUT2D eigenvalue weighted by molar-refractivity contribution is -0.139. The topological polar surface area (TPSA) is 86.8 Å². The summed E-state index contributed by atoms with van der Waals surface area (Å²) in [5, 5.41) is 3.31. The van der Waals surface area contributed by atoms with Gasteiger partial charge < -0.3 is 10.2 Å². The van der Waals surface area contributed by atoms with E-state index in [1.807, 2.05) is 51.1 Å². The molecule has 3 aromatic rings. The van der Waals surface area contributed by atoms with Crippen LogP contribution < -0.4 is 9.62 Å². The molecule has 9 heteroatoms.